The number of nitrogens with zero attached hydrogens (tertiary/aromatic N) is 1. The molecule has 0 fully saturated rings. The van der Waals surface area contributed by atoms with E-state index in [4.69, 9.17) is 4.74 Å². The van der Waals surface area contributed by atoms with Gasteiger partial charge in [0.25, 0.3) is 0 Å². The molecule has 0 aliphatic carbocycles. The molecule has 0 spiro atoms. The first-order chi connectivity index (χ1) is 10.2. The van der Waals surface area contributed by atoms with Crippen LogP contribution >= 0.6 is 0 Å². The predicted molar refractivity (Wildman–Crippen MR) is 93.2 cm³/mol. The average Bonchev–Trinajstić information content (AvgIpc) is 2.39. The van der Waals surface area contributed by atoms with Gasteiger partial charge >= 0.3 is 0 Å². The van der Waals surface area contributed by atoms with E-state index in [0.717, 1.165) is 19.5 Å². The molecule has 0 bridgehead atoms. The molecular formula is C19H33NO2. The number of aliphatic hydroxyl groups is 1. The minimum atomic E-state index is -0.448. The highest BCUT2D eigenvalue weighted by molar-refractivity contribution is 5.30. The highest BCUT2D eigenvalue weighted by Gasteiger charge is 2.17. The van der Waals surface area contributed by atoms with Crippen LogP contribution in [0.3, 0.4) is 0 Å². The van der Waals surface area contributed by atoms with Crippen LogP contribution in [0, 0.1) is 13.8 Å². The molecule has 1 aromatic rings. The van der Waals surface area contributed by atoms with Crippen molar-refractivity contribution in [1.29, 1.82) is 0 Å². The van der Waals surface area contributed by atoms with Gasteiger partial charge in [-0.15, -0.1) is 0 Å². The lowest BCUT2D eigenvalue weighted by Gasteiger charge is -2.27. The lowest BCUT2D eigenvalue weighted by Crippen LogP contribution is -2.37. The normalized spacial score (nSPS) is 13.6. The van der Waals surface area contributed by atoms with Gasteiger partial charge in [-0.25, -0.2) is 0 Å². The molecule has 3 nitrogen and oxygen atoms in total. The maximum absolute atomic E-state index is 10.2. The van der Waals surface area contributed by atoms with Crippen LogP contribution in [0.2, 0.25) is 0 Å². The van der Waals surface area contributed by atoms with Gasteiger partial charge in [-0.3, -0.25) is 4.90 Å². The van der Waals surface area contributed by atoms with Gasteiger partial charge in [-0.05, 0) is 58.7 Å². The average molecular weight is 307 g/mol. The SMILES string of the molecule is CCCN(Cc1ccc(C)cc1C)CC(O)COC(C)(C)C. The number of ether oxygens (including phenoxy) is 1. The maximum Gasteiger partial charge on any atom is 0.0900 e. The van der Waals surface area contributed by atoms with Crippen LogP contribution in [0.25, 0.3) is 0 Å². The zero-order valence-corrected chi connectivity index (χ0v) is 15.1. The summed E-state index contributed by atoms with van der Waals surface area (Å²) >= 11 is 0. The fraction of sp³-hybridized carbons (Fsp3) is 0.684. The standard InChI is InChI=1S/C19H33NO2/c1-7-10-20(13-18(21)14-22-19(4,5)6)12-17-9-8-15(2)11-16(17)3/h8-9,11,18,21H,7,10,12-14H2,1-6H3. The van der Waals surface area contributed by atoms with Gasteiger partial charge in [0, 0.05) is 13.1 Å². The van der Waals surface area contributed by atoms with Crippen molar-refractivity contribution in [3.8, 4) is 0 Å². The Bertz CT molecular complexity index is 451. The summed E-state index contributed by atoms with van der Waals surface area (Å²) in [7, 11) is 0. The molecule has 0 saturated heterocycles. The Hall–Kier alpha value is -0.900. The first-order valence-corrected chi connectivity index (χ1v) is 8.31. The molecule has 1 atom stereocenters. The summed E-state index contributed by atoms with van der Waals surface area (Å²) in [5.41, 5.74) is 3.75. The Labute approximate surface area is 136 Å². The molecule has 1 rings (SSSR count). The van der Waals surface area contributed by atoms with Gasteiger partial charge in [0.1, 0.15) is 0 Å². The van der Waals surface area contributed by atoms with E-state index in [0.29, 0.717) is 13.2 Å². The first kappa shape index (κ1) is 19.1. The Kier molecular flexibility index (Phi) is 7.54. The zero-order valence-electron chi connectivity index (χ0n) is 15.1. The lowest BCUT2D eigenvalue weighted by molar-refractivity contribution is -0.0566. The fourth-order valence-electron chi connectivity index (χ4n) is 2.51. The summed E-state index contributed by atoms with van der Waals surface area (Å²) in [6, 6.07) is 6.58. The third kappa shape index (κ3) is 7.39. The van der Waals surface area contributed by atoms with Crippen molar-refractivity contribution < 1.29 is 9.84 Å². The van der Waals surface area contributed by atoms with Crippen molar-refractivity contribution >= 4 is 0 Å². The molecule has 3 heteroatoms. The molecule has 0 saturated carbocycles. The van der Waals surface area contributed by atoms with Gasteiger partial charge in [-0.1, -0.05) is 30.7 Å². The highest BCUT2D eigenvalue weighted by Crippen LogP contribution is 2.14. The molecular weight excluding hydrogens is 274 g/mol. The Morgan fingerprint density at radius 1 is 1.23 bits per heavy atom. The second-order valence-corrected chi connectivity index (χ2v) is 7.24. The highest BCUT2D eigenvalue weighted by atomic mass is 16.5. The van der Waals surface area contributed by atoms with Crippen molar-refractivity contribution in [1.82, 2.24) is 4.90 Å². The number of rotatable bonds is 8. The Morgan fingerprint density at radius 3 is 2.45 bits per heavy atom. The molecule has 126 valence electrons. The van der Waals surface area contributed by atoms with Crippen molar-refractivity contribution in [2.24, 2.45) is 0 Å². The van der Waals surface area contributed by atoms with E-state index in [1.165, 1.54) is 16.7 Å². The van der Waals surface area contributed by atoms with E-state index in [-0.39, 0.29) is 5.60 Å². The van der Waals surface area contributed by atoms with Crippen LogP contribution < -0.4 is 0 Å². The van der Waals surface area contributed by atoms with Crippen molar-refractivity contribution in [2.45, 2.75) is 66.2 Å². The quantitative estimate of drug-likeness (QED) is 0.795. The van der Waals surface area contributed by atoms with Crippen LogP contribution in [0.15, 0.2) is 18.2 Å². The van der Waals surface area contributed by atoms with E-state index in [1.807, 2.05) is 20.8 Å². The zero-order chi connectivity index (χ0) is 16.8. The summed E-state index contributed by atoms with van der Waals surface area (Å²) in [5, 5.41) is 10.2. The molecule has 1 aromatic carbocycles. The van der Waals surface area contributed by atoms with E-state index in [2.05, 4.69) is 43.9 Å². The number of aryl methyl sites for hydroxylation is 2. The topological polar surface area (TPSA) is 32.7 Å². The minimum absolute atomic E-state index is 0.204. The minimum Gasteiger partial charge on any atom is -0.389 e. The van der Waals surface area contributed by atoms with Crippen molar-refractivity contribution in [2.75, 3.05) is 19.7 Å². The van der Waals surface area contributed by atoms with E-state index in [1.54, 1.807) is 0 Å². The van der Waals surface area contributed by atoms with Crippen molar-refractivity contribution in [3.05, 3.63) is 34.9 Å². The van der Waals surface area contributed by atoms with Gasteiger partial charge < -0.3 is 9.84 Å². The largest absolute Gasteiger partial charge is 0.389 e. The third-order valence-corrected chi connectivity index (χ3v) is 3.61. The number of hydrogen-bond acceptors (Lipinski definition) is 3. The molecule has 0 heterocycles. The van der Waals surface area contributed by atoms with E-state index < -0.39 is 6.10 Å². The smallest absolute Gasteiger partial charge is 0.0900 e. The molecule has 0 radical (unpaired) electrons. The molecule has 0 aliphatic rings. The monoisotopic (exact) mass is 307 g/mol. The lowest BCUT2D eigenvalue weighted by atomic mass is 10.1. The van der Waals surface area contributed by atoms with Gasteiger partial charge in [-0.2, -0.15) is 0 Å². The summed E-state index contributed by atoms with van der Waals surface area (Å²) in [6.07, 6.45) is 0.633. The van der Waals surface area contributed by atoms with Crippen LogP contribution in [0.1, 0.15) is 50.8 Å². The van der Waals surface area contributed by atoms with Crippen LogP contribution in [0.4, 0.5) is 0 Å². The van der Waals surface area contributed by atoms with E-state index in [9.17, 15) is 5.11 Å². The van der Waals surface area contributed by atoms with Gasteiger partial charge in [0.05, 0.1) is 18.3 Å². The Balaban J connectivity index is 2.61. The summed E-state index contributed by atoms with van der Waals surface area (Å²) in [5.74, 6) is 0. The molecule has 0 aromatic heterocycles. The molecule has 0 amide bonds. The summed E-state index contributed by atoms with van der Waals surface area (Å²) < 4.78 is 5.68. The molecule has 0 aliphatic heterocycles. The third-order valence-electron chi connectivity index (χ3n) is 3.61. The van der Waals surface area contributed by atoms with Crippen molar-refractivity contribution in [3.63, 3.8) is 0 Å². The summed E-state index contributed by atoms with van der Waals surface area (Å²) in [6.45, 7) is 15.4. The maximum atomic E-state index is 10.2. The predicted octanol–water partition coefficient (Wildman–Crippen LogP) is 3.69. The number of hydrogen-bond donors (Lipinski definition) is 1. The van der Waals surface area contributed by atoms with Gasteiger partial charge in [0.15, 0.2) is 0 Å². The molecule has 1 unspecified atom stereocenters. The Morgan fingerprint density at radius 2 is 1.91 bits per heavy atom. The van der Waals surface area contributed by atoms with Gasteiger partial charge in [0.2, 0.25) is 0 Å². The van der Waals surface area contributed by atoms with Crippen LogP contribution in [-0.4, -0.2) is 41.4 Å². The number of aliphatic hydroxyl groups excluding tert-OH is 1. The molecule has 1 N–H and O–H groups in total. The second kappa shape index (κ2) is 8.66. The molecule has 22 heavy (non-hydrogen) atoms. The van der Waals surface area contributed by atoms with Crippen LogP contribution in [0.5, 0.6) is 0 Å². The fourth-order valence-corrected chi connectivity index (χ4v) is 2.51. The summed E-state index contributed by atoms with van der Waals surface area (Å²) in [4.78, 5) is 2.31. The van der Waals surface area contributed by atoms with Crippen LogP contribution in [-0.2, 0) is 11.3 Å². The number of benzene rings is 1. The first-order valence-electron chi connectivity index (χ1n) is 8.31. The van der Waals surface area contributed by atoms with E-state index >= 15 is 0 Å². The second-order valence-electron chi connectivity index (χ2n) is 7.24.